The topological polar surface area (TPSA) is 70.5 Å². The van der Waals surface area contributed by atoms with Crippen molar-refractivity contribution in [1.82, 2.24) is 9.88 Å². The highest BCUT2D eigenvalue weighted by Crippen LogP contribution is 2.19. The molecule has 0 radical (unpaired) electrons. The van der Waals surface area contributed by atoms with E-state index in [1.54, 1.807) is 47.4 Å². The van der Waals surface area contributed by atoms with Crippen molar-refractivity contribution in [3.05, 3.63) is 81.1 Å². The Morgan fingerprint density at radius 1 is 1.20 bits per heavy atom. The molecule has 1 N–H and O–H groups in total. The summed E-state index contributed by atoms with van der Waals surface area (Å²) >= 11 is 1.40. The van der Waals surface area contributed by atoms with Crippen LogP contribution in [-0.2, 0) is 24.2 Å². The molecule has 0 saturated heterocycles. The molecule has 0 aliphatic carbocycles. The third-order valence-electron chi connectivity index (χ3n) is 4.79. The zero-order chi connectivity index (χ0) is 21.5. The van der Waals surface area contributed by atoms with Crippen LogP contribution in [0.3, 0.4) is 0 Å². The second-order valence-electron chi connectivity index (χ2n) is 7.02. The molecule has 7 heteroatoms. The summed E-state index contributed by atoms with van der Waals surface area (Å²) in [6, 6.07) is 13.1. The number of aldehydes is 1. The maximum atomic E-state index is 13.9. The Hall–Kier alpha value is -3.06. The lowest BCUT2D eigenvalue weighted by molar-refractivity contribution is -0.131. The first-order chi connectivity index (χ1) is 14.5. The first-order valence-corrected chi connectivity index (χ1v) is 10.5. The number of carbonyl (C=O) groups is 2. The van der Waals surface area contributed by atoms with Gasteiger partial charge in [0.1, 0.15) is 22.3 Å². The summed E-state index contributed by atoms with van der Waals surface area (Å²) in [5, 5.41) is 10.1. The highest BCUT2D eigenvalue weighted by Gasteiger charge is 2.18. The minimum atomic E-state index is -0.245. The standard InChI is InChI=1S/C23H23FN2O3S/c1-16-21(15-27)25-22(30-16)14-26(12-4-6-18-5-2-3-7-20(18)24)23(29)13-17-8-10-19(28)11-9-17/h2-3,5,7-11,15,28H,4,6,12-14H2,1H3. The quantitative estimate of drug-likeness (QED) is 0.518. The van der Waals surface area contributed by atoms with Crippen molar-refractivity contribution in [2.45, 2.75) is 32.7 Å². The van der Waals surface area contributed by atoms with Crippen molar-refractivity contribution in [3.63, 3.8) is 0 Å². The molecule has 1 aromatic heterocycles. The Bertz CT molecular complexity index is 1020. The van der Waals surface area contributed by atoms with Crippen LogP contribution in [-0.4, -0.2) is 33.7 Å². The predicted octanol–water partition coefficient (Wildman–Crippen LogP) is 4.31. The van der Waals surface area contributed by atoms with Gasteiger partial charge in [0.05, 0.1) is 13.0 Å². The molecule has 5 nitrogen and oxygen atoms in total. The second-order valence-corrected chi connectivity index (χ2v) is 8.31. The number of hydrogen-bond acceptors (Lipinski definition) is 5. The SMILES string of the molecule is Cc1sc(CN(CCCc2ccccc2F)C(=O)Cc2ccc(O)cc2)nc1C=O. The lowest BCUT2D eigenvalue weighted by Gasteiger charge is -2.22. The lowest BCUT2D eigenvalue weighted by atomic mass is 10.1. The van der Waals surface area contributed by atoms with Gasteiger partial charge in [-0.05, 0) is 49.1 Å². The Morgan fingerprint density at radius 3 is 2.60 bits per heavy atom. The molecule has 0 unspecified atom stereocenters. The molecule has 1 heterocycles. The van der Waals surface area contributed by atoms with E-state index in [4.69, 9.17) is 0 Å². The Morgan fingerprint density at radius 2 is 1.93 bits per heavy atom. The lowest BCUT2D eigenvalue weighted by Crippen LogP contribution is -2.33. The summed E-state index contributed by atoms with van der Waals surface area (Å²) in [4.78, 5) is 30.9. The van der Waals surface area contributed by atoms with Gasteiger partial charge in [0.2, 0.25) is 5.91 Å². The number of aromatic hydroxyl groups is 1. The van der Waals surface area contributed by atoms with E-state index in [0.29, 0.717) is 42.2 Å². The van der Waals surface area contributed by atoms with Gasteiger partial charge in [0, 0.05) is 11.4 Å². The smallest absolute Gasteiger partial charge is 0.227 e. The van der Waals surface area contributed by atoms with E-state index in [1.807, 2.05) is 6.92 Å². The van der Waals surface area contributed by atoms with Crippen molar-refractivity contribution >= 4 is 23.5 Å². The molecule has 0 spiro atoms. The van der Waals surface area contributed by atoms with Crippen LogP contribution in [0.4, 0.5) is 4.39 Å². The van der Waals surface area contributed by atoms with Gasteiger partial charge in [-0.2, -0.15) is 0 Å². The third-order valence-corrected chi connectivity index (χ3v) is 5.76. The fourth-order valence-electron chi connectivity index (χ4n) is 3.16. The highest BCUT2D eigenvalue weighted by atomic mass is 32.1. The van der Waals surface area contributed by atoms with Crippen molar-refractivity contribution in [1.29, 1.82) is 0 Å². The number of aryl methyl sites for hydroxylation is 2. The van der Waals surface area contributed by atoms with Gasteiger partial charge in [0.25, 0.3) is 0 Å². The van der Waals surface area contributed by atoms with Crippen molar-refractivity contribution < 1.29 is 19.1 Å². The minimum absolute atomic E-state index is 0.0882. The number of rotatable bonds is 9. The summed E-state index contributed by atoms with van der Waals surface area (Å²) in [5.41, 5.74) is 1.81. The average molecular weight is 427 g/mol. The summed E-state index contributed by atoms with van der Waals surface area (Å²) in [6.07, 6.45) is 2.03. The first-order valence-electron chi connectivity index (χ1n) is 9.67. The van der Waals surface area contributed by atoms with Gasteiger partial charge in [-0.3, -0.25) is 9.59 Å². The number of halogens is 1. The van der Waals surface area contributed by atoms with Gasteiger partial charge >= 0.3 is 0 Å². The van der Waals surface area contributed by atoms with Crippen LogP contribution in [0.2, 0.25) is 0 Å². The molecule has 0 aliphatic rings. The zero-order valence-electron chi connectivity index (χ0n) is 16.7. The van der Waals surface area contributed by atoms with Crippen molar-refractivity contribution in [2.75, 3.05) is 6.54 Å². The molecule has 0 aliphatic heterocycles. The van der Waals surface area contributed by atoms with Crippen molar-refractivity contribution in [2.24, 2.45) is 0 Å². The predicted molar refractivity (Wildman–Crippen MR) is 114 cm³/mol. The molecule has 30 heavy (non-hydrogen) atoms. The van der Waals surface area contributed by atoms with E-state index in [1.165, 1.54) is 17.4 Å². The summed E-state index contributed by atoms with van der Waals surface area (Å²) in [6.45, 7) is 2.57. The monoisotopic (exact) mass is 426 g/mol. The zero-order valence-corrected chi connectivity index (χ0v) is 17.5. The van der Waals surface area contributed by atoms with Crippen LogP contribution < -0.4 is 0 Å². The third kappa shape index (κ3) is 5.73. The molecule has 3 rings (SSSR count). The van der Waals surface area contributed by atoms with Gasteiger partial charge in [0.15, 0.2) is 6.29 Å². The molecule has 0 atom stereocenters. The van der Waals surface area contributed by atoms with Gasteiger partial charge in [-0.15, -0.1) is 11.3 Å². The maximum absolute atomic E-state index is 13.9. The van der Waals surface area contributed by atoms with Crippen LogP contribution >= 0.6 is 11.3 Å². The summed E-state index contributed by atoms with van der Waals surface area (Å²) < 4.78 is 13.9. The van der Waals surface area contributed by atoms with E-state index >= 15 is 0 Å². The molecule has 0 saturated carbocycles. The summed E-state index contributed by atoms with van der Waals surface area (Å²) in [5.74, 6) is -0.187. The molecular weight excluding hydrogens is 403 g/mol. The number of carbonyl (C=O) groups excluding carboxylic acids is 2. The Balaban J connectivity index is 1.70. The highest BCUT2D eigenvalue weighted by molar-refractivity contribution is 7.11. The van der Waals surface area contributed by atoms with Crippen molar-refractivity contribution in [3.8, 4) is 5.75 Å². The molecule has 0 fully saturated rings. The van der Waals surface area contributed by atoms with Crippen LogP contribution in [0, 0.1) is 12.7 Å². The fourth-order valence-corrected chi connectivity index (χ4v) is 4.07. The van der Waals surface area contributed by atoms with E-state index in [0.717, 1.165) is 16.7 Å². The number of phenolic OH excluding ortho intramolecular Hbond substituents is 1. The molecular formula is C23H23FN2O3S. The molecule has 2 aromatic carbocycles. The number of hydrogen-bond donors (Lipinski definition) is 1. The van der Waals surface area contributed by atoms with Crippen LogP contribution in [0.1, 0.15) is 37.9 Å². The number of aromatic nitrogens is 1. The number of phenols is 1. The van der Waals surface area contributed by atoms with E-state index in [-0.39, 0.29) is 23.9 Å². The number of nitrogens with zero attached hydrogens (tertiary/aromatic N) is 2. The average Bonchev–Trinajstić information content (AvgIpc) is 3.09. The molecule has 0 bridgehead atoms. The Labute approximate surface area is 178 Å². The van der Waals surface area contributed by atoms with Crippen LogP contribution in [0.5, 0.6) is 5.75 Å². The Kier molecular flexibility index (Phi) is 7.30. The normalized spacial score (nSPS) is 10.7. The number of amides is 1. The van der Waals surface area contributed by atoms with E-state index in [2.05, 4.69) is 4.98 Å². The van der Waals surface area contributed by atoms with Gasteiger partial charge in [-0.25, -0.2) is 9.37 Å². The first kappa shape index (κ1) is 21.6. The molecule has 1 amide bonds. The largest absolute Gasteiger partial charge is 0.508 e. The number of benzene rings is 2. The molecule has 3 aromatic rings. The van der Waals surface area contributed by atoms with E-state index < -0.39 is 0 Å². The maximum Gasteiger partial charge on any atom is 0.227 e. The summed E-state index contributed by atoms with van der Waals surface area (Å²) in [7, 11) is 0. The second kappa shape index (κ2) is 10.1. The van der Waals surface area contributed by atoms with Crippen LogP contribution in [0.15, 0.2) is 48.5 Å². The minimum Gasteiger partial charge on any atom is -0.508 e. The number of thiazole rings is 1. The van der Waals surface area contributed by atoms with Gasteiger partial charge in [-0.1, -0.05) is 30.3 Å². The molecule has 156 valence electrons. The van der Waals surface area contributed by atoms with Crippen LogP contribution in [0.25, 0.3) is 0 Å². The van der Waals surface area contributed by atoms with E-state index in [9.17, 15) is 19.1 Å². The fraction of sp³-hybridized carbons (Fsp3) is 0.261. The van der Waals surface area contributed by atoms with Gasteiger partial charge < -0.3 is 10.0 Å².